The second-order valence-electron chi connectivity index (χ2n) is 8.25. The summed E-state index contributed by atoms with van der Waals surface area (Å²) in [6.07, 6.45) is 11.9. The van der Waals surface area contributed by atoms with Gasteiger partial charge in [-0.1, -0.05) is 138 Å². The molecule has 1 radical (unpaired) electrons. The van der Waals surface area contributed by atoms with Crippen LogP contribution >= 0.6 is 0 Å². The molecule has 0 N–H and O–H groups in total. The van der Waals surface area contributed by atoms with Gasteiger partial charge in [0.25, 0.3) is 0 Å². The Balaban J connectivity index is -0.0000000303. The fourth-order valence-corrected chi connectivity index (χ4v) is 3.03. The van der Waals surface area contributed by atoms with Crippen molar-refractivity contribution in [1.82, 2.24) is 0 Å². The molecule has 4 rings (SSSR count). The molecule has 0 bridgehead atoms. The molecule has 0 unspecified atom stereocenters. The van der Waals surface area contributed by atoms with E-state index in [0.717, 1.165) is 11.8 Å². The van der Waals surface area contributed by atoms with E-state index >= 15 is 0 Å². The van der Waals surface area contributed by atoms with E-state index in [0.29, 0.717) is 0 Å². The summed E-state index contributed by atoms with van der Waals surface area (Å²) >= 11 is 0. The van der Waals surface area contributed by atoms with Gasteiger partial charge in [-0.2, -0.15) is 15.8 Å². The zero-order valence-electron chi connectivity index (χ0n) is 29.5. The second-order valence-corrected chi connectivity index (χ2v) is 8.25. The molecule has 281 valence electrons. The fourth-order valence-electron chi connectivity index (χ4n) is 3.03. The first-order valence-electron chi connectivity index (χ1n) is 13.3. The largest absolute Gasteiger partial charge is 2.00 e. The number of nitrogens with zero attached hydrogens (tertiary/aromatic N) is 3. The van der Waals surface area contributed by atoms with Gasteiger partial charge in [-0.3, -0.25) is 25.9 Å². The maximum atomic E-state index is 9.67. The van der Waals surface area contributed by atoms with Crippen LogP contribution in [0.5, 0.6) is 0 Å². The van der Waals surface area contributed by atoms with Crippen LogP contribution < -0.4 is 9.41 Å². The van der Waals surface area contributed by atoms with Crippen molar-refractivity contribution in [3.63, 3.8) is 0 Å². The molecule has 2 aliphatic rings. The quantitative estimate of drug-likeness (QED) is 0.173. The molecule has 2 fully saturated rings. The molecule has 0 saturated heterocycles. The Morgan fingerprint density at radius 3 is 0.583 bits per heavy atom. The van der Waals surface area contributed by atoms with Crippen LogP contribution in [-0.4, -0.2) is 15.1 Å². The number of rotatable bonds is 0. The Labute approximate surface area is 315 Å². The van der Waals surface area contributed by atoms with E-state index in [9.17, 15) is 25.9 Å². The molecule has 0 aromatic heterocycles. The molecule has 0 heterocycles. The number of hydrogen-bond acceptors (Lipinski definition) is 3. The van der Waals surface area contributed by atoms with Crippen molar-refractivity contribution in [3.05, 3.63) is 95.1 Å². The first-order chi connectivity index (χ1) is 19.5. The Kier molecular flexibility index (Phi) is 134. The van der Waals surface area contributed by atoms with Gasteiger partial charge in [0.1, 0.15) is 0 Å². The molecule has 0 spiro atoms. The van der Waals surface area contributed by atoms with Gasteiger partial charge < -0.3 is 31.7 Å². The van der Waals surface area contributed by atoms with Gasteiger partial charge in [0, 0.05) is 20.8 Å². The fraction of sp³-hybridized carbons (Fsp3) is 0.455. The van der Waals surface area contributed by atoms with Crippen LogP contribution in [0.4, 0.5) is 25.9 Å². The summed E-state index contributed by atoms with van der Waals surface area (Å²) in [5.74, 6) is 2.09. The predicted molar refractivity (Wildman–Crippen MR) is 179 cm³/mol. The van der Waals surface area contributed by atoms with Crippen LogP contribution in [0.15, 0.2) is 72.8 Å². The molecule has 2 aromatic rings. The minimum atomic E-state index is -3.67. The summed E-state index contributed by atoms with van der Waals surface area (Å²) in [6, 6.07) is 29.2. The molecule has 0 atom stereocenters. The Bertz CT molecular complexity index is 683. The molecule has 15 heteroatoms. The van der Waals surface area contributed by atoms with Crippen molar-refractivity contribution >= 4 is 15.1 Å². The van der Waals surface area contributed by atoms with Crippen molar-refractivity contribution in [2.45, 2.75) is 86.0 Å². The molecule has 0 amide bonds. The van der Waals surface area contributed by atoms with Gasteiger partial charge in [-0.15, -0.1) is 0 Å². The molecular weight excluding hydrogens is 814 g/mol. The molecule has 48 heavy (non-hydrogen) atoms. The molecule has 2 aliphatic carbocycles. The zero-order valence-corrected chi connectivity index (χ0v) is 32.9. The average Bonchev–Trinajstić information content (AvgIpc) is 3.61. The molecule has 2 saturated carbocycles. The maximum Gasteiger partial charge on any atom is 2.00 e. The third kappa shape index (κ3) is 142. The van der Waals surface area contributed by atoms with E-state index in [4.69, 9.17) is 15.8 Å². The molecule has 0 aliphatic heterocycles. The topological polar surface area (TPSA) is 71.4 Å². The standard InChI is InChI=1S/2C6H12.2C6H6.3C2H3N.3CH3.2BF3.2FH.2Ru/c2*1-6-4-2-3-5-6;2*1-2-4-6-5-3-1;3*1-2-3;;;;2*2-1(3)4;;;;/h2*6H,2-5H2,1H3;2*1-6H;3*1H3;3*1H3;;;2*1H;;/q;;;;;;;3*-1;;;;;+1;+2/p-2. The van der Waals surface area contributed by atoms with Gasteiger partial charge in [-0.25, -0.2) is 0 Å². The smallest absolute Gasteiger partial charge is 1.00 e. The summed E-state index contributed by atoms with van der Waals surface area (Å²) in [5, 5.41) is 22.0. The van der Waals surface area contributed by atoms with Crippen molar-refractivity contribution in [2.75, 3.05) is 0 Å². The van der Waals surface area contributed by atoms with Crippen molar-refractivity contribution in [2.24, 2.45) is 11.8 Å². The van der Waals surface area contributed by atoms with Crippen LogP contribution in [0.25, 0.3) is 0 Å². The zero-order chi connectivity index (χ0) is 32.6. The van der Waals surface area contributed by atoms with Crippen LogP contribution in [0.2, 0.25) is 0 Å². The number of benzene rings is 2. The number of nitriles is 3. The first kappa shape index (κ1) is 80.4. The minimum Gasteiger partial charge on any atom is -1.00 e. The first-order valence-corrected chi connectivity index (χ1v) is 13.3. The van der Waals surface area contributed by atoms with Gasteiger partial charge in [0.15, 0.2) is 0 Å². The Morgan fingerprint density at radius 1 is 0.458 bits per heavy atom. The number of hydrogen-bond donors (Lipinski definition) is 0. The van der Waals surface area contributed by atoms with E-state index in [1.165, 1.54) is 72.1 Å². The van der Waals surface area contributed by atoms with Crippen molar-refractivity contribution < 1.29 is 74.3 Å². The van der Waals surface area contributed by atoms with E-state index < -0.39 is 15.1 Å². The van der Waals surface area contributed by atoms with E-state index in [2.05, 4.69) is 13.8 Å². The maximum absolute atomic E-state index is 9.67. The van der Waals surface area contributed by atoms with E-state index in [1.807, 2.05) is 72.8 Å². The molecule has 2 aromatic carbocycles. The normalized spacial score (nSPS) is 10.0. The van der Waals surface area contributed by atoms with Crippen LogP contribution in [0.1, 0.15) is 86.0 Å². The Morgan fingerprint density at radius 2 is 0.542 bits per heavy atom. The SMILES string of the molecule is CC#N.CC#N.CC#N.CC1CCCC1.CC1CCCC1.FB(F)F.FB(F)F.[CH3-].[CH3-].[CH3-].[F-].[F-].[Ru+2].[Ru+].c1ccccc1.c1ccccc1. The summed E-state index contributed by atoms with van der Waals surface area (Å²) in [5.41, 5.74) is 0. The van der Waals surface area contributed by atoms with Crippen LogP contribution in [-0.2, 0) is 39.0 Å². The summed E-state index contributed by atoms with van der Waals surface area (Å²) in [7, 11) is -7.33. The van der Waals surface area contributed by atoms with Crippen molar-refractivity contribution in [1.29, 1.82) is 15.8 Å². The monoisotopic (exact) mass is 870 g/mol. The summed E-state index contributed by atoms with van der Waals surface area (Å²) in [6.45, 7) is 8.97. The molecule has 3 nitrogen and oxygen atoms in total. The van der Waals surface area contributed by atoms with E-state index in [1.54, 1.807) is 18.2 Å². The van der Waals surface area contributed by atoms with E-state index in [-0.39, 0.29) is 70.6 Å². The van der Waals surface area contributed by atoms with Gasteiger partial charge in [0.05, 0.1) is 18.2 Å². The third-order valence-electron chi connectivity index (χ3n) is 4.62. The van der Waals surface area contributed by atoms with Crippen molar-refractivity contribution in [3.8, 4) is 18.2 Å². The van der Waals surface area contributed by atoms with Crippen LogP contribution in [0.3, 0.4) is 0 Å². The van der Waals surface area contributed by atoms with Crippen LogP contribution in [0, 0.1) is 68.1 Å². The summed E-state index contributed by atoms with van der Waals surface area (Å²) in [4.78, 5) is 0. The Hall–Kier alpha value is -2.27. The number of halogens is 8. The minimum absolute atomic E-state index is 0. The second kappa shape index (κ2) is 79.8. The van der Waals surface area contributed by atoms with Gasteiger partial charge >= 0.3 is 54.0 Å². The molecular formula is C33H54B2F8N3Ru2-2. The third-order valence-corrected chi connectivity index (χ3v) is 4.62. The van der Waals surface area contributed by atoms with Gasteiger partial charge in [0.2, 0.25) is 0 Å². The average molecular weight is 869 g/mol. The predicted octanol–water partition coefficient (Wildman–Crippen LogP) is 6.47. The summed E-state index contributed by atoms with van der Waals surface area (Å²) < 4.78 is 58.0. The van der Waals surface area contributed by atoms with Gasteiger partial charge in [-0.05, 0) is 11.8 Å².